The van der Waals surface area contributed by atoms with Gasteiger partial charge in [0.05, 0.1) is 25.5 Å². The van der Waals surface area contributed by atoms with E-state index in [1.807, 2.05) is 50.8 Å². The van der Waals surface area contributed by atoms with E-state index in [4.69, 9.17) is 9.47 Å². The van der Waals surface area contributed by atoms with Crippen LogP contribution < -0.4 is 4.74 Å². The summed E-state index contributed by atoms with van der Waals surface area (Å²) in [7, 11) is 1.58. The third kappa shape index (κ3) is 3.81. The third-order valence-corrected chi connectivity index (χ3v) is 5.43. The Bertz CT molecular complexity index is 1180. The van der Waals surface area contributed by atoms with Gasteiger partial charge in [0.15, 0.2) is 0 Å². The van der Waals surface area contributed by atoms with Crippen molar-refractivity contribution in [2.45, 2.75) is 45.8 Å². The molecule has 1 aliphatic heterocycles. The van der Waals surface area contributed by atoms with Gasteiger partial charge < -0.3 is 14.4 Å². The summed E-state index contributed by atoms with van der Waals surface area (Å²) in [6.07, 6.45) is 5.74. The van der Waals surface area contributed by atoms with Crippen LogP contribution >= 0.6 is 0 Å². The van der Waals surface area contributed by atoms with E-state index in [-0.39, 0.29) is 12.1 Å². The van der Waals surface area contributed by atoms with Crippen molar-refractivity contribution in [2.75, 3.05) is 20.2 Å². The minimum Gasteiger partial charge on any atom is -0.494 e. The summed E-state index contributed by atoms with van der Waals surface area (Å²) in [6, 6.07) is 4.12. The van der Waals surface area contributed by atoms with E-state index in [2.05, 4.69) is 16.3 Å². The number of methoxy groups -OCH3 is 1. The molecule has 0 bridgehead atoms. The molecule has 1 saturated heterocycles. The van der Waals surface area contributed by atoms with Gasteiger partial charge in [-0.05, 0) is 40.2 Å². The summed E-state index contributed by atoms with van der Waals surface area (Å²) in [5, 5.41) is 18.2. The summed E-state index contributed by atoms with van der Waals surface area (Å²) >= 11 is 0. The number of nitriles is 1. The minimum atomic E-state index is -0.514. The first kappa shape index (κ1) is 20.7. The molecule has 0 N–H and O–H groups in total. The third-order valence-electron chi connectivity index (χ3n) is 5.43. The van der Waals surface area contributed by atoms with Crippen molar-refractivity contribution in [3.05, 3.63) is 35.9 Å². The Morgan fingerprint density at radius 2 is 2.06 bits per heavy atom. The topological polar surface area (TPSA) is 97.7 Å². The lowest BCUT2D eigenvalue weighted by atomic mass is 10.1. The van der Waals surface area contributed by atoms with Crippen LogP contribution in [0.5, 0.6) is 5.75 Å². The lowest BCUT2D eigenvalue weighted by Gasteiger charge is -2.24. The first-order valence-electron chi connectivity index (χ1n) is 10.2. The standard InChI is InChI=1S/C22H26N6O3/c1-14-18(15-8-19(30-5)20-16(9-23)10-24-27(20)12-15)11-25-28(14)17-6-7-26(13-17)21(29)31-22(2,3)4/h8,10-12,17H,6-7,13H2,1-5H3/t17-/m0/s1. The van der Waals surface area contributed by atoms with Crippen LogP contribution in [-0.2, 0) is 4.74 Å². The predicted octanol–water partition coefficient (Wildman–Crippen LogP) is 3.57. The van der Waals surface area contributed by atoms with E-state index in [1.54, 1.807) is 16.5 Å². The molecule has 1 amide bonds. The number of carbonyl (C=O) groups is 1. The number of pyridine rings is 1. The summed E-state index contributed by atoms with van der Waals surface area (Å²) in [5.74, 6) is 0.579. The summed E-state index contributed by atoms with van der Waals surface area (Å²) in [6.45, 7) is 8.81. The zero-order valence-electron chi connectivity index (χ0n) is 18.4. The second-order valence-corrected chi connectivity index (χ2v) is 8.72. The number of amides is 1. The molecule has 1 atom stereocenters. The van der Waals surface area contributed by atoms with Crippen molar-refractivity contribution in [1.29, 1.82) is 5.26 Å². The van der Waals surface area contributed by atoms with E-state index >= 15 is 0 Å². The van der Waals surface area contributed by atoms with Crippen molar-refractivity contribution in [3.8, 4) is 22.9 Å². The molecule has 31 heavy (non-hydrogen) atoms. The summed E-state index contributed by atoms with van der Waals surface area (Å²) in [4.78, 5) is 14.1. The van der Waals surface area contributed by atoms with Crippen LogP contribution in [-0.4, -0.2) is 56.2 Å². The van der Waals surface area contributed by atoms with Crippen LogP contribution in [0.1, 0.15) is 44.5 Å². The van der Waals surface area contributed by atoms with Crippen LogP contribution in [0.3, 0.4) is 0 Å². The Kier molecular flexibility index (Phi) is 5.09. The van der Waals surface area contributed by atoms with Gasteiger partial charge in [0.25, 0.3) is 0 Å². The number of hydrogen-bond acceptors (Lipinski definition) is 6. The summed E-state index contributed by atoms with van der Waals surface area (Å²) in [5.41, 5.74) is 3.42. The molecule has 0 aliphatic carbocycles. The van der Waals surface area contributed by atoms with Gasteiger partial charge in [-0.1, -0.05) is 0 Å². The maximum atomic E-state index is 12.4. The lowest BCUT2D eigenvalue weighted by Crippen LogP contribution is -2.35. The highest BCUT2D eigenvalue weighted by molar-refractivity contribution is 5.76. The Labute approximate surface area is 180 Å². The average molecular weight is 422 g/mol. The quantitative estimate of drug-likeness (QED) is 0.640. The lowest BCUT2D eigenvalue weighted by molar-refractivity contribution is 0.0288. The van der Waals surface area contributed by atoms with Crippen LogP contribution in [0.15, 0.2) is 24.7 Å². The van der Waals surface area contributed by atoms with E-state index in [0.717, 1.165) is 23.2 Å². The first-order valence-corrected chi connectivity index (χ1v) is 10.2. The molecule has 0 unspecified atom stereocenters. The number of rotatable bonds is 3. The van der Waals surface area contributed by atoms with Gasteiger partial charge in [-0.2, -0.15) is 15.5 Å². The van der Waals surface area contributed by atoms with Gasteiger partial charge >= 0.3 is 6.09 Å². The molecule has 162 valence electrons. The van der Waals surface area contributed by atoms with Crippen molar-refractivity contribution in [3.63, 3.8) is 0 Å². The molecule has 9 heteroatoms. The van der Waals surface area contributed by atoms with Crippen LogP contribution in [0.4, 0.5) is 4.79 Å². The minimum absolute atomic E-state index is 0.0850. The number of nitrogens with zero attached hydrogens (tertiary/aromatic N) is 6. The maximum Gasteiger partial charge on any atom is 0.410 e. The Balaban J connectivity index is 1.61. The molecule has 3 aromatic heterocycles. The van der Waals surface area contributed by atoms with Crippen molar-refractivity contribution >= 4 is 11.6 Å². The fourth-order valence-corrected chi connectivity index (χ4v) is 3.98. The molecular weight excluding hydrogens is 396 g/mol. The molecular formula is C22H26N6O3. The average Bonchev–Trinajstić information content (AvgIpc) is 3.43. The summed E-state index contributed by atoms with van der Waals surface area (Å²) < 4.78 is 14.6. The van der Waals surface area contributed by atoms with E-state index in [1.165, 1.54) is 6.20 Å². The largest absolute Gasteiger partial charge is 0.494 e. The first-order chi connectivity index (χ1) is 14.7. The zero-order chi connectivity index (χ0) is 22.3. The second kappa shape index (κ2) is 7.61. The normalized spacial score (nSPS) is 16.5. The van der Waals surface area contributed by atoms with Gasteiger partial charge in [0.1, 0.15) is 28.5 Å². The van der Waals surface area contributed by atoms with Crippen molar-refractivity contribution < 1.29 is 14.3 Å². The maximum absolute atomic E-state index is 12.4. The Morgan fingerprint density at radius 1 is 1.29 bits per heavy atom. The molecule has 3 aromatic rings. The molecule has 0 aromatic carbocycles. The van der Waals surface area contributed by atoms with E-state index in [0.29, 0.717) is 29.9 Å². The van der Waals surface area contributed by atoms with Gasteiger partial charge in [0.2, 0.25) is 0 Å². The number of aromatic nitrogens is 4. The Morgan fingerprint density at radius 3 is 2.74 bits per heavy atom. The molecule has 9 nitrogen and oxygen atoms in total. The van der Waals surface area contributed by atoms with Crippen LogP contribution in [0.25, 0.3) is 16.6 Å². The molecule has 0 saturated carbocycles. The molecule has 4 heterocycles. The highest BCUT2D eigenvalue weighted by Gasteiger charge is 2.32. The van der Waals surface area contributed by atoms with Crippen molar-refractivity contribution in [1.82, 2.24) is 24.3 Å². The Hall–Kier alpha value is -3.54. The fraction of sp³-hybridized carbons (Fsp3) is 0.455. The molecule has 0 radical (unpaired) electrons. The van der Waals surface area contributed by atoms with Gasteiger partial charge in [0, 0.05) is 36.1 Å². The van der Waals surface area contributed by atoms with Gasteiger partial charge in [-0.3, -0.25) is 4.68 Å². The highest BCUT2D eigenvalue weighted by atomic mass is 16.6. The van der Waals surface area contributed by atoms with Gasteiger partial charge in [-0.15, -0.1) is 0 Å². The SMILES string of the molecule is COc1cc(-c2cnn([C@H]3CCN(C(=O)OC(C)(C)C)C3)c2C)cn2ncc(C#N)c12. The molecule has 1 fully saturated rings. The highest BCUT2D eigenvalue weighted by Crippen LogP contribution is 2.33. The zero-order valence-corrected chi connectivity index (χ0v) is 18.4. The van der Waals surface area contributed by atoms with Crippen LogP contribution in [0, 0.1) is 18.3 Å². The number of ether oxygens (including phenoxy) is 2. The fourth-order valence-electron chi connectivity index (χ4n) is 3.98. The van der Waals surface area contributed by atoms with Crippen molar-refractivity contribution in [2.24, 2.45) is 0 Å². The number of hydrogen-bond donors (Lipinski definition) is 0. The smallest absolute Gasteiger partial charge is 0.410 e. The molecule has 4 rings (SSSR count). The van der Waals surface area contributed by atoms with Gasteiger partial charge in [-0.25, -0.2) is 9.31 Å². The number of carbonyl (C=O) groups excluding carboxylic acids is 1. The van der Waals surface area contributed by atoms with E-state index in [9.17, 15) is 10.1 Å². The predicted molar refractivity (Wildman–Crippen MR) is 114 cm³/mol. The monoisotopic (exact) mass is 422 g/mol. The second-order valence-electron chi connectivity index (χ2n) is 8.72. The molecule has 0 spiro atoms. The number of fused-ring (bicyclic) bond motifs is 1. The van der Waals surface area contributed by atoms with Crippen LogP contribution in [0.2, 0.25) is 0 Å². The molecule has 1 aliphatic rings. The van der Waals surface area contributed by atoms with E-state index < -0.39 is 5.60 Å². The number of likely N-dealkylation sites (tertiary alicyclic amines) is 1.